The number of thioether (sulfide) groups is 1. The summed E-state index contributed by atoms with van der Waals surface area (Å²) in [5.41, 5.74) is 5.36. The fourth-order valence-corrected chi connectivity index (χ4v) is 6.02. The van der Waals surface area contributed by atoms with Crippen molar-refractivity contribution >= 4 is 16.9 Å². The van der Waals surface area contributed by atoms with Crippen LogP contribution < -0.4 is 0 Å². The topological polar surface area (TPSA) is 33.4 Å². The van der Waals surface area contributed by atoms with E-state index in [0.717, 1.165) is 11.4 Å². The molecule has 2 aromatic rings. The largest absolute Gasteiger partial charge is 0.346 e. The van der Waals surface area contributed by atoms with Crippen LogP contribution in [0.2, 0.25) is 0 Å². The van der Waals surface area contributed by atoms with Crippen molar-refractivity contribution in [3.8, 4) is 0 Å². The van der Waals surface area contributed by atoms with Crippen LogP contribution in [0.15, 0.2) is 35.5 Å². The Labute approximate surface area is 159 Å². The van der Waals surface area contributed by atoms with Crippen molar-refractivity contribution in [3.63, 3.8) is 0 Å². The normalized spacial score (nSPS) is 27.7. The highest BCUT2D eigenvalue weighted by molar-refractivity contribution is 8.14. The number of aliphatic imine (C=N–C) groups is 1. The third-order valence-electron chi connectivity index (χ3n) is 6.08. The van der Waals surface area contributed by atoms with Crippen LogP contribution in [0.5, 0.6) is 0 Å². The average molecular weight is 367 g/mol. The number of hydrogen-bond donors (Lipinski definition) is 0. The van der Waals surface area contributed by atoms with Gasteiger partial charge >= 0.3 is 0 Å². The number of amidine groups is 1. The quantitative estimate of drug-likeness (QED) is 0.778. The van der Waals surface area contributed by atoms with Crippen LogP contribution in [0, 0.1) is 13.8 Å². The third-order valence-corrected chi connectivity index (χ3v) is 7.21. The van der Waals surface area contributed by atoms with Crippen LogP contribution in [-0.4, -0.2) is 31.4 Å². The predicted octanol–water partition coefficient (Wildman–Crippen LogP) is 4.81. The summed E-state index contributed by atoms with van der Waals surface area (Å²) in [5.74, 6) is 1.15. The molecule has 1 aliphatic carbocycles. The molecule has 1 saturated heterocycles. The zero-order valence-electron chi connectivity index (χ0n) is 15.7. The number of hydrogen-bond acceptors (Lipinski definition) is 4. The number of fused-ring (bicyclic) bond motifs is 1. The maximum Gasteiger partial charge on any atom is 0.160 e. The lowest BCUT2D eigenvalue weighted by Crippen LogP contribution is -2.35. The lowest BCUT2D eigenvalue weighted by Gasteiger charge is -2.32. The van der Waals surface area contributed by atoms with Gasteiger partial charge in [0.2, 0.25) is 0 Å². The van der Waals surface area contributed by atoms with Gasteiger partial charge in [-0.25, -0.2) is 0 Å². The zero-order valence-corrected chi connectivity index (χ0v) is 16.5. The van der Waals surface area contributed by atoms with Gasteiger partial charge < -0.3 is 9.47 Å². The summed E-state index contributed by atoms with van der Waals surface area (Å²) in [6.45, 7) is 6.86. The van der Waals surface area contributed by atoms with E-state index in [1.807, 2.05) is 24.0 Å². The first-order valence-electron chi connectivity index (χ1n) is 9.77. The average Bonchev–Trinajstić information content (AvgIpc) is 3.19. The molecular formula is C21H26N4S. The van der Waals surface area contributed by atoms with Crippen LogP contribution in [0.25, 0.3) is 0 Å². The number of aromatic nitrogens is 2. The summed E-state index contributed by atoms with van der Waals surface area (Å²) >= 11 is 1.92. The van der Waals surface area contributed by atoms with Crippen molar-refractivity contribution < 1.29 is 0 Å². The molecule has 0 spiro atoms. The third kappa shape index (κ3) is 2.43. The maximum atomic E-state index is 5.15. The summed E-state index contributed by atoms with van der Waals surface area (Å²) in [6, 6.07) is 10.3. The molecule has 26 heavy (non-hydrogen) atoms. The van der Waals surface area contributed by atoms with Gasteiger partial charge in [-0.1, -0.05) is 24.8 Å². The number of nitrogens with zero attached hydrogens (tertiary/aromatic N) is 4. The summed E-state index contributed by atoms with van der Waals surface area (Å²) in [4.78, 5) is 12.4. The van der Waals surface area contributed by atoms with Gasteiger partial charge in [0, 0.05) is 35.4 Å². The van der Waals surface area contributed by atoms with E-state index in [1.165, 1.54) is 41.4 Å². The van der Waals surface area contributed by atoms with E-state index in [1.54, 1.807) is 0 Å². The van der Waals surface area contributed by atoms with Crippen molar-refractivity contribution in [1.29, 1.82) is 0 Å². The lowest BCUT2D eigenvalue weighted by atomic mass is 9.95. The zero-order chi connectivity index (χ0) is 17.8. The number of aryl methyl sites for hydroxylation is 1. The Morgan fingerprint density at radius 3 is 2.77 bits per heavy atom. The Kier molecular flexibility index (Phi) is 3.89. The first kappa shape index (κ1) is 16.4. The van der Waals surface area contributed by atoms with Gasteiger partial charge in [0.15, 0.2) is 5.17 Å². The minimum absolute atomic E-state index is 0.0983. The van der Waals surface area contributed by atoms with Gasteiger partial charge in [0.25, 0.3) is 0 Å². The Hall–Kier alpha value is -1.75. The minimum atomic E-state index is 0.0983. The molecule has 1 saturated carbocycles. The number of rotatable bonds is 4. The van der Waals surface area contributed by atoms with Gasteiger partial charge in [0.1, 0.15) is 6.04 Å². The Bertz CT molecular complexity index is 852. The molecule has 0 bridgehead atoms. The summed E-state index contributed by atoms with van der Waals surface area (Å²) < 4.78 is 2.56. The first-order chi connectivity index (χ1) is 12.7. The van der Waals surface area contributed by atoms with Crippen LogP contribution in [-0.2, 0) is 0 Å². The molecule has 3 atom stereocenters. The Morgan fingerprint density at radius 2 is 2.08 bits per heavy atom. The highest BCUT2D eigenvalue weighted by atomic mass is 32.2. The van der Waals surface area contributed by atoms with Crippen molar-refractivity contribution in [3.05, 3.63) is 53.1 Å². The maximum absolute atomic E-state index is 5.15. The van der Waals surface area contributed by atoms with Crippen LogP contribution in [0.3, 0.4) is 0 Å². The molecule has 2 aromatic heterocycles. The molecule has 3 aliphatic rings. The summed E-state index contributed by atoms with van der Waals surface area (Å²) in [7, 11) is 0. The molecule has 2 aliphatic heterocycles. The van der Waals surface area contributed by atoms with Crippen LogP contribution in [0.4, 0.5) is 0 Å². The van der Waals surface area contributed by atoms with E-state index in [4.69, 9.17) is 4.99 Å². The van der Waals surface area contributed by atoms with Crippen LogP contribution >= 0.6 is 11.8 Å². The Balaban J connectivity index is 1.62. The van der Waals surface area contributed by atoms with Gasteiger partial charge in [-0.05, 0) is 56.9 Å². The molecule has 5 rings (SSSR count). The van der Waals surface area contributed by atoms with Crippen molar-refractivity contribution in [1.82, 2.24) is 14.5 Å². The van der Waals surface area contributed by atoms with Gasteiger partial charge in [0.05, 0.1) is 11.7 Å². The molecule has 0 N–H and O–H groups in total. The molecule has 2 fully saturated rings. The molecular weight excluding hydrogens is 340 g/mol. The van der Waals surface area contributed by atoms with E-state index in [0.29, 0.717) is 12.1 Å². The molecule has 0 amide bonds. The number of pyridine rings is 1. The molecule has 4 heterocycles. The smallest absolute Gasteiger partial charge is 0.160 e. The van der Waals surface area contributed by atoms with Crippen LogP contribution in [0.1, 0.15) is 67.0 Å². The monoisotopic (exact) mass is 366 g/mol. The molecule has 4 nitrogen and oxygen atoms in total. The van der Waals surface area contributed by atoms with Gasteiger partial charge in [-0.2, -0.15) is 0 Å². The fourth-order valence-electron chi connectivity index (χ4n) is 4.68. The highest BCUT2D eigenvalue weighted by Gasteiger charge is 2.46. The summed E-state index contributed by atoms with van der Waals surface area (Å²) in [6.07, 6.45) is 5.71. The van der Waals surface area contributed by atoms with Crippen molar-refractivity contribution in [2.24, 2.45) is 4.99 Å². The first-order valence-corrected chi connectivity index (χ1v) is 10.8. The van der Waals surface area contributed by atoms with Gasteiger partial charge in [-0.15, -0.1) is 0 Å². The van der Waals surface area contributed by atoms with E-state index < -0.39 is 0 Å². The second kappa shape index (κ2) is 6.15. The standard InChI is InChI=1S/C21H26N4S/c1-4-15-12-26-21-23-19(18-7-5-6-10-22-18)20(25(15)21)17-11-13(2)24(14(17)3)16-8-9-16/h5-7,10-11,15-16,19-20H,4,8-9,12H2,1-3H3/t15-,19+,20+/m0/s1. The second-order valence-corrected chi connectivity index (χ2v) is 8.75. The van der Waals surface area contributed by atoms with Crippen molar-refractivity contribution in [2.45, 2.75) is 64.2 Å². The highest BCUT2D eigenvalue weighted by Crippen LogP contribution is 2.50. The van der Waals surface area contributed by atoms with E-state index in [9.17, 15) is 0 Å². The molecule has 0 radical (unpaired) electrons. The molecule has 0 aromatic carbocycles. The summed E-state index contributed by atoms with van der Waals surface area (Å²) in [5, 5.41) is 1.22. The van der Waals surface area contributed by atoms with E-state index >= 15 is 0 Å². The molecule has 0 unspecified atom stereocenters. The van der Waals surface area contributed by atoms with E-state index in [2.05, 4.69) is 53.4 Å². The molecule has 5 heteroatoms. The molecule has 136 valence electrons. The predicted molar refractivity (Wildman–Crippen MR) is 108 cm³/mol. The Morgan fingerprint density at radius 1 is 1.23 bits per heavy atom. The SMILES string of the molecule is CC[C@H]1CSC2=N[C@H](c3ccccn3)[C@@H](c3cc(C)n(C4CC4)c3C)N21. The minimum Gasteiger partial charge on any atom is -0.346 e. The van der Waals surface area contributed by atoms with Crippen molar-refractivity contribution in [2.75, 3.05) is 5.75 Å². The van der Waals surface area contributed by atoms with Gasteiger partial charge in [-0.3, -0.25) is 9.98 Å². The lowest BCUT2D eigenvalue weighted by molar-refractivity contribution is 0.254. The second-order valence-electron chi connectivity index (χ2n) is 7.76. The fraction of sp³-hybridized carbons (Fsp3) is 0.524. The van der Waals surface area contributed by atoms with E-state index in [-0.39, 0.29) is 12.1 Å².